The van der Waals surface area contributed by atoms with Gasteiger partial charge in [0, 0.05) is 16.8 Å². The van der Waals surface area contributed by atoms with Crippen molar-refractivity contribution < 1.29 is 9.21 Å². The van der Waals surface area contributed by atoms with E-state index in [-0.39, 0.29) is 6.03 Å². The first-order chi connectivity index (χ1) is 8.15. The van der Waals surface area contributed by atoms with Gasteiger partial charge in [-0.3, -0.25) is 0 Å². The summed E-state index contributed by atoms with van der Waals surface area (Å²) in [5.41, 5.74) is 1.32. The van der Waals surface area contributed by atoms with Gasteiger partial charge in [-0.05, 0) is 31.2 Å². The second-order valence-corrected chi connectivity index (χ2v) is 3.91. The second-order valence-electron chi connectivity index (χ2n) is 3.48. The fourth-order valence-electron chi connectivity index (χ4n) is 1.33. The molecule has 0 atom stereocenters. The van der Waals surface area contributed by atoms with Crippen molar-refractivity contribution in [1.29, 1.82) is 0 Å². The number of halogens is 1. The lowest BCUT2D eigenvalue weighted by Crippen LogP contribution is -2.19. The first-order valence-electron chi connectivity index (χ1n) is 5.03. The highest BCUT2D eigenvalue weighted by molar-refractivity contribution is 6.30. The minimum absolute atomic E-state index is 0.322. The molecule has 0 unspecified atom stereocenters. The van der Waals surface area contributed by atoms with E-state index >= 15 is 0 Å². The summed E-state index contributed by atoms with van der Waals surface area (Å²) in [7, 11) is 0. The van der Waals surface area contributed by atoms with Gasteiger partial charge in [0.05, 0.1) is 12.0 Å². The molecule has 0 saturated heterocycles. The summed E-state index contributed by atoms with van der Waals surface area (Å²) in [4.78, 5) is 11.6. The maximum absolute atomic E-state index is 11.6. The molecule has 2 aromatic rings. The molecule has 0 spiro atoms. The van der Waals surface area contributed by atoms with Crippen molar-refractivity contribution in [3.8, 4) is 0 Å². The van der Waals surface area contributed by atoms with E-state index in [1.54, 1.807) is 37.3 Å². The minimum Gasteiger partial charge on any atom is -0.467 e. The monoisotopic (exact) mass is 250 g/mol. The van der Waals surface area contributed by atoms with Crippen LogP contribution in [0.4, 0.5) is 16.2 Å². The van der Waals surface area contributed by atoms with Crippen LogP contribution in [0.3, 0.4) is 0 Å². The Labute approximate surface area is 104 Å². The topological polar surface area (TPSA) is 54.3 Å². The van der Waals surface area contributed by atoms with Crippen LogP contribution >= 0.6 is 11.6 Å². The number of rotatable bonds is 2. The third kappa shape index (κ3) is 3.01. The zero-order valence-electron chi connectivity index (χ0n) is 9.16. The summed E-state index contributed by atoms with van der Waals surface area (Å²) in [6, 6.07) is 8.24. The number of anilines is 2. The van der Waals surface area contributed by atoms with Crippen molar-refractivity contribution in [2.24, 2.45) is 0 Å². The molecule has 4 nitrogen and oxygen atoms in total. The fraction of sp³-hybridized carbons (Fsp3) is 0.0833. The average molecular weight is 251 g/mol. The van der Waals surface area contributed by atoms with Crippen molar-refractivity contribution in [2.45, 2.75) is 6.92 Å². The number of carbonyl (C=O) groups is 1. The smallest absolute Gasteiger partial charge is 0.323 e. The third-order valence-electron chi connectivity index (χ3n) is 2.21. The highest BCUT2D eigenvalue weighted by Crippen LogP contribution is 2.16. The number of aryl methyl sites for hydroxylation is 1. The highest BCUT2D eigenvalue weighted by Gasteiger charge is 2.06. The predicted molar refractivity (Wildman–Crippen MR) is 67.5 cm³/mol. The molecule has 0 radical (unpaired) electrons. The van der Waals surface area contributed by atoms with Gasteiger partial charge in [0.1, 0.15) is 5.76 Å². The standard InChI is InChI=1S/C12H11ClN2O2/c1-8-11(6-7-17-8)15-12(16)14-10-4-2-9(13)3-5-10/h2-7H,1H3,(H2,14,15,16). The molecule has 0 fully saturated rings. The molecule has 1 heterocycles. The van der Waals surface area contributed by atoms with Crippen molar-refractivity contribution >= 4 is 29.0 Å². The summed E-state index contributed by atoms with van der Waals surface area (Å²) in [5.74, 6) is 0.663. The van der Waals surface area contributed by atoms with Crippen LogP contribution in [0.2, 0.25) is 5.02 Å². The quantitative estimate of drug-likeness (QED) is 0.850. The van der Waals surface area contributed by atoms with E-state index in [9.17, 15) is 4.79 Å². The Morgan fingerprint density at radius 2 is 1.88 bits per heavy atom. The molecule has 1 aromatic carbocycles. The lowest BCUT2D eigenvalue weighted by molar-refractivity contribution is 0.262. The van der Waals surface area contributed by atoms with Gasteiger partial charge >= 0.3 is 6.03 Å². The van der Waals surface area contributed by atoms with Crippen molar-refractivity contribution in [3.05, 3.63) is 47.4 Å². The van der Waals surface area contributed by atoms with Crippen LogP contribution in [-0.4, -0.2) is 6.03 Å². The van der Waals surface area contributed by atoms with Gasteiger partial charge in [0.25, 0.3) is 0 Å². The Morgan fingerprint density at radius 1 is 1.18 bits per heavy atom. The number of nitrogens with one attached hydrogen (secondary N) is 2. The third-order valence-corrected chi connectivity index (χ3v) is 2.46. The van der Waals surface area contributed by atoms with E-state index in [4.69, 9.17) is 16.0 Å². The zero-order valence-corrected chi connectivity index (χ0v) is 9.91. The van der Waals surface area contributed by atoms with E-state index < -0.39 is 0 Å². The van der Waals surface area contributed by atoms with Gasteiger partial charge < -0.3 is 15.1 Å². The lowest BCUT2D eigenvalue weighted by atomic mass is 10.3. The van der Waals surface area contributed by atoms with Gasteiger partial charge in [-0.25, -0.2) is 4.79 Å². The first kappa shape index (κ1) is 11.5. The molecule has 0 aliphatic carbocycles. The number of benzene rings is 1. The van der Waals surface area contributed by atoms with Crippen LogP contribution in [0.1, 0.15) is 5.76 Å². The molecule has 0 aliphatic heterocycles. The molecule has 88 valence electrons. The van der Waals surface area contributed by atoms with E-state index in [1.807, 2.05) is 0 Å². The number of carbonyl (C=O) groups excluding carboxylic acids is 1. The second kappa shape index (κ2) is 4.93. The normalized spacial score (nSPS) is 10.0. The molecule has 0 saturated carbocycles. The predicted octanol–water partition coefficient (Wildman–Crippen LogP) is 3.89. The Bertz CT molecular complexity index is 520. The van der Waals surface area contributed by atoms with E-state index in [0.717, 1.165) is 0 Å². The molecule has 0 aliphatic rings. The number of amides is 2. The van der Waals surface area contributed by atoms with E-state index in [0.29, 0.717) is 22.2 Å². The lowest BCUT2D eigenvalue weighted by Gasteiger charge is -2.06. The van der Waals surface area contributed by atoms with Crippen LogP contribution in [0, 0.1) is 6.92 Å². The fourth-order valence-corrected chi connectivity index (χ4v) is 1.46. The molecular weight excluding hydrogens is 240 g/mol. The largest absolute Gasteiger partial charge is 0.467 e. The molecular formula is C12H11ClN2O2. The summed E-state index contributed by atoms with van der Waals surface area (Å²) >= 11 is 5.74. The Balaban J connectivity index is 1.98. The van der Waals surface area contributed by atoms with Crippen molar-refractivity contribution in [1.82, 2.24) is 0 Å². The molecule has 1 aromatic heterocycles. The molecule has 2 rings (SSSR count). The van der Waals surface area contributed by atoms with Crippen LogP contribution in [0.5, 0.6) is 0 Å². The minimum atomic E-state index is -0.322. The van der Waals surface area contributed by atoms with Crippen LogP contribution < -0.4 is 10.6 Å². The average Bonchev–Trinajstić information content (AvgIpc) is 2.68. The van der Waals surface area contributed by atoms with Gasteiger partial charge in [0.2, 0.25) is 0 Å². The van der Waals surface area contributed by atoms with Crippen molar-refractivity contribution in [3.63, 3.8) is 0 Å². The van der Waals surface area contributed by atoms with E-state index in [1.165, 1.54) is 6.26 Å². The Morgan fingerprint density at radius 3 is 2.47 bits per heavy atom. The van der Waals surface area contributed by atoms with Gasteiger partial charge in [0.15, 0.2) is 0 Å². The number of hydrogen-bond donors (Lipinski definition) is 2. The first-order valence-corrected chi connectivity index (χ1v) is 5.40. The summed E-state index contributed by atoms with van der Waals surface area (Å²) in [5, 5.41) is 5.99. The van der Waals surface area contributed by atoms with Crippen LogP contribution in [-0.2, 0) is 0 Å². The maximum Gasteiger partial charge on any atom is 0.323 e. The van der Waals surface area contributed by atoms with Crippen LogP contribution in [0.15, 0.2) is 41.0 Å². The molecule has 2 N–H and O–H groups in total. The Hall–Kier alpha value is -1.94. The maximum atomic E-state index is 11.6. The zero-order chi connectivity index (χ0) is 12.3. The Kier molecular flexibility index (Phi) is 3.35. The highest BCUT2D eigenvalue weighted by atomic mass is 35.5. The number of hydrogen-bond acceptors (Lipinski definition) is 2. The van der Waals surface area contributed by atoms with Crippen molar-refractivity contribution in [2.75, 3.05) is 10.6 Å². The summed E-state index contributed by atoms with van der Waals surface area (Å²) < 4.78 is 5.07. The molecule has 5 heteroatoms. The molecule has 2 amide bonds. The summed E-state index contributed by atoms with van der Waals surface area (Å²) in [6.07, 6.45) is 1.52. The summed E-state index contributed by atoms with van der Waals surface area (Å²) in [6.45, 7) is 1.78. The van der Waals surface area contributed by atoms with Crippen LogP contribution in [0.25, 0.3) is 0 Å². The van der Waals surface area contributed by atoms with Gasteiger partial charge in [-0.15, -0.1) is 0 Å². The van der Waals surface area contributed by atoms with Gasteiger partial charge in [-0.2, -0.15) is 0 Å². The van der Waals surface area contributed by atoms with E-state index in [2.05, 4.69) is 10.6 Å². The number of urea groups is 1. The SMILES string of the molecule is Cc1occc1NC(=O)Nc1ccc(Cl)cc1. The molecule has 17 heavy (non-hydrogen) atoms. The van der Waals surface area contributed by atoms with Gasteiger partial charge in [-0.1, -0.05) is 11.6 Å². The molecule has 0 bridgehead atoms. The number of furan rings is 1.